The van der Waals surface area contributed by atoms with Gasteiger partial charge in [-0.3, -0.25) is 9.59 Å². The van der Waals surface area contributed by atoms with Crippen LogP contribution < -0.4 is 4.74 Å². The number of likely N-dealkylation sites (tertiary alicyclic amines) is 1. The van der Waals surface area contributed by atoms with Crippen LogP contribution in [0, 0.1) is 0 Å². The number of furan rings is 1. The second-order valence-corrected chi connectivity index (χ2v) is 9.01. The highest BCUT2D eigenvalue weighted by molar-refractivity contribution is 6.14. The number of ketones is 1. The molecule has 180 valence electrons. The van der Waals surface area contributed by atoms with Crippen molar-refractivity contribution in [1.82, 2.24) is 9.80 Å². The quantitative estimate of drug-likeness (QED) is 0.549. The van der Waals surface area contributed by atoms with Crippen molar-refractivity contribution in [3.63, 3.8) is 0 Å². The van der Waals surface area contributed by atoms with Crippen molar-refractivity contribution in [3.8, 4) is 5.75 Å². The van der Waals surface area contributed by atoms with Crippen molar-refractivity contribution in [3.05, 3.63) is 71.4 Å². The zero-order chi connectivity index (χ0) is 24.1. The van der Waals surface area contributed by atoms with Gasteiger partial charge in [-0.2, -0.15) is 0 Å². The standard InChI is InChI=1S/C27H32N2O5/c1-19(2)34-22-10-8-20(9-11-22)25-24(23(30)13-12-21-7-6-18-33-21)26(31)27(32)29(25)17-16-28-14-4-3-5-15-28/h6-13,18-19,25,31H,3-5,14-17H2,1-2H3/b13-12+. The fraction of sp³-hybridized carbons (Fsp3) is 0.407. The second-order valence-electron chi connectivity index (χ2n) is 9.01. The van der Waals surface area contributed by atoms with Gasteiger partial charge in [0.25, 0.3) is 5.91 Å². The Morgan fingerprint density at radius 2 is 1.88 bits per heavy atom. The average molecular weight is 465 g/mol. The largest absolute Gasteiger partial charge is 0.503 e. The minimum absolute atomic E-state index is 0.0350. The van der Waals surface area contributed by atoms with Crippen LogP contribution in [-0.2, 0) is 9.59 Å². The van der Waals surface area contributed by atoms with E-state index in [9.17, 15) is 14.7 Å². The molecule has 1 aromatic carbocycles. The monoisotopic (exact) mass is 464 g/mol. The lowest BCUT2D eigenvalue weighted by atomic mass is 9.95. The van der Waals surface area contributed by atoms with Crippen molar-refractivity contribution in [2.45, 2.75) is 45.3 Å². The molecule has 0 radical (unpaired) electrons. The Labute approximate surface area is 200 Å². The Hall–Kier alpha value is -3.32. The van der Waals surface area contributed by atoms with Gasteiger partial charge in [0.15, 0.2) is 11.5 Å². The molecule has 2 aromatic rings. The molecule has 2 aliphatic rings. The van der Waals surface area contributed by atoms with E-state index in [0.29, 0.717) is 24.6 Å². The van der Waals surface area contributed by atoms with E-state index in [1.165, 1.54) is 18.8 Å². The molecule has 0 spiro atoms. The first kappa shape index (κ1) is 23.8. The first-order valence-corrected chi connectivity index (χ1v) is 11.9. The summed E-state index contributed by atoms with van der Waals surface area (Å²) in [5.74, 6) is -0.192. The van der Waals surface area contributed by atoms with Crippen LogP contribution in [-0.4, -0.2) is 58.9 Å². The third-order valence-electron chi connectivity index (χ3n) is 6.18. The molecule has 1 amide bonds. The summed E-state index contributed by atoms with van der Waals surface area (Å²) >= 11 is 0. The third kappa shape index (κ3) is 5.42. The van der Waals surface area contributed by atoms with Crippen LogP contribution in [0.2, 0.25) is 0 Å². The number of ether oxygens (including phenoxy) is 1. The van der Waals surface area contributed by atoms with E-state index < -0.39 is 23.5 Å². The smallest absolute Gasteiger partial charge is 0.290 e. The van der Waals surface area contributed by atoms with Crippen LogP contribution in [0.5, 0.6) is 5.75 Å². The molecule has 1 unspecified atom stereocenters. The molecule has 1 fully saturated rings. The predicted octanol–water partition coefficient (Wildman–Crippen LogP) is 4.53. The fourth-order valence-electron chi connectivity index (χ4n) is 4.55. The van der Waals surface area contributed by atoms with Gasteiger partial charge >= 0.3 is 0 Å². The summed E-state index contributed by atoms with van der Waals surface area (Å²) in [6.45, 7) is 7.05. The van der Waals surface area contributed by atoms with Crippen molar-refractivity contribution in [1.29, 1.82) is 0 Å². The van der Waals surface area contributed by atoms with Crippen molar-refractivity contribution < 1.29 is 23.8 Å². The number of hydrogen-bond donors (Lipinski definition) is 1. The first-order valence-electron chi connectivity index (χ1n) is 11.9. The fourth-order valence-corrected chi connectivity index (χ4v) is 4.55. The molecule has 0 aliphatic carbocycles. The number of aliphatic hydroxyl groups excluding tert-OH is 1. The lowest BCUT2D eigenvalue weighted by Gasteiger charge is -2.31. The summed E-state index contributed by atoms with van der Waals surface area (Å²) in [4.78, 5) is 30.2. The van der Waals surface area contributed by atoms with E-state index in [2.05, 4.69) is 4.90 Å². The normalized spacial score (nSPS) is 19.6. The maximum atomic E-state index is 13.2. The molecule has 4 rings (SSSR count). The minimum atomic E-state index is -0.667. The van der Waals surface area contributed by atoms with Crippen LogP contribution >= 0.6 is 0 Å². The van der Waals surface area contributed by atoms with E-state index >= 15 is 0 Å². The Morgan fingerprint density at radius 3 is 2.53 bits per heavy atom. The van der Waals surface area contributed by atoms with E-state index in [1.54, 1.807) is 23.1 Å². The summed E-state index contributed by atoms with van der Waals surface area (Å²) in [7, 11) is 0. The van der Waals surface area contributed by atoms with E-state index in [0.717, 1.165) is 31.5 Å². The number of allylic oxidation sites excluding steroid dienone is 1. The molecular weight excluding hydrogens is 432 g/mol. The lowest BCUT2D eigenvalue weighted by Crippen LogP contribution is -2.40. The van der Waals surface area contributed by atoms with Crippen LogP contribution in [0.15, 0.2) is 64.5 Å². The Kier molecular flexibility index (Phi) is 7.53. The molecule has 7 heteroatoms. The predicted molar refractivity (Wildman–Crippen MR) is 129 cm³/mol. The van der Waals surface area contributed by atoms with Crippen molar-refractivity contribution >= 4 is 17.8 Å². The topological polar surface area (TPSA) is 83.2 Å². The Balaban J connectivity index is 1.61. The molecule has 34 heavy (non-hydrogen) atoms. The highest BCUT2D eigenvalue weighted by Crippen LogP contribution is 2.38. The van der Waals surface area contributed by atoms with Gasteiger partial charge in [-0.1, -0.05) is 18.6 Å². The number of benzene rings is 1. The van der Waals surface area contributed by atoms with E-state index in [-0.39, 0.29) is 11.7 Å². The number of rotatable bonds is 9. The molecule has 1 saturated heterocycles. The number of hydrogen-bond acceptors (Lipinski definition) is 6. The first-order chi connectivity index (χ1) is 16.4. The van der Waals surface area contributed by atoms with Crippen LogP contribution in [0.25, 0.3) is 6.08 Å². The number of piperidine rings is 1. The van der Waals surface area contributed by atoms with Gasteiger partial charge < -0.3 is 24.1 Å². The summed E-state index contributed by atoms with van der Waals surface area (Å²) in [6, 6.07) is 10.2. The SMILES string of the molecule is CC(C)Oc1ccc(C2C(C(=O)/C=C/c3ccco3)=C(O)C(=O)N2CCN2CCCCC2)cc1. The Bertz CT molecular complexity index is 1050. The summed E-state index contributed by atoms with van der Waals surface area (Å²) in [6.07, 6.45) is 7.98. The van der Waals surface area contributed by atoms with Gasteiger partial charge in [-0.15, -0.1) is 0 Å². The highest BCUT2D eigenvalue weighted by atomic mass is 16.5. The van der Waals surface area contributed by atoms with Crippen LogP contribution in [0.4, 0.5) is 0 Å². The van der Waals surface area contributed by atoms with Gasteiger partial charge in [0.1, 0.15) is 11.5 Å². The van der Waals surface area contributed by atoms with Crippen LogP contribution in [0.3, 0.4) is 0 Å². The van der Waals surface area contributed by atoms with Gasteiger partial charge in [0.2, 0.25) is 0 Å². The number of nitrogens with zero attached hydrogens (tertiary/aromatic N) is 2. The van der Waals surface area contributed by atoms with E-state index in [4.69, 9.17) is 9.15 Å². The summed E-state index contributed by atoms with van der Waals surface area (Å²) in [5.41, 5.74) is 0.839. The van der Waals surface area contributed by atoms with Crippen LogP contribution in [0.1, 0.15) is 50.5 Å². The van der Waals surface area contributed by atoms with Gasteiger partial charge in [-0.25, -0.2) is 0 Å². The molecule has 1 aromatic heterocycles. The number of carbonyl (C=O) groups is 2. The Morgan fingerprint density at radius 1 is 1.15 bits per heavy atom. The average Bonchev–Trinajstić information content (AvgIpc) is 3.44. The minimum Gasteiger partial charge on any atom is -0.503 e. The molecule has 7 nitrogen and oxygen atoms in total. The summed E-state index contributed by atoms with van der Waals surface area (Å²) < 4.78 is 11.0. The second kappa shape index (κ2) is 10.7. The molecule has 0 bridgehead atoms. The molecule has 3 heterocycles. The zero-order valence-corrected chi connectivity index (χ0v) is 19.8. The summed E-state index contributed by atoms with van der Waals surface area (Å²) in [5, 5.41) is 10.8. The maximum absolute atomic E-state index is 13.2. The van der Waals surface area contributed by atoms with E-state index in [1.807, 2.05) is 38.1 Å². The zero-order valence-electron chi connectivity index (χ0n) is 19.8. The van der Waals surface area contributed by atoms with Gasteiger partial charge in [0, 0.05) is 13.1 Å². The molecule has 1 N–H and O–H groups in total. The molecule has 2 aliphatic heterocycles. The number of aliphatic hydroxyl groups is 1. The molecule has 0 saturated carbocycles. The number of amides is 1. The molecule has 1 atom stereocenters. The maximum Gasteiger partial charge on any atom is 0.290 e. The number of carbonyl (C=O) groups excluding carboxylic acids is 2. The van der Waals surface area contributed by atoms with Crippen molar-refractivity contribution in [2.24, 2.45) is 0 Å². The third-order valence-corrected chi connectivity index (χ3v) is 6.18. The lowest BCUT2D eigenvalue weighted by molar-refractivity contribution is -0.129. The van der Waals surface area contributed by atoms with Gasteiger partial charge in [0.05, 0.1) is 24.0 Å². The van der Waals surface area contributed by atoms with Crippen molar-refractivity contribution in [2.75, 3.05) is 26.2 Å². The van der Waals surface area contributed by atoms with Gasteiger partial charge in [-0.05, 0) is 81.8 Å². The molecular formula is C27H32N2O5. The highest BCUT2D eigenvalue weighted by Gasteiger charge is 2.42.